The number of aromatic nitrogens is 2. The number of nitrogens with zero attached hydrogens (tertiary/aromatic N) is 2. The van der Waals surface area contributed by atoms with Gasteiger partial charge in [-0.2, -0.15) is 5.10 Å². The van der Waals surface area contributed by atoms with Gasteiger partial charge in [0.05, 0.1) is 18.5 Å². The van der Waals surface area contributed by atoms with Crippen LogP contribution in [0.1, 0.15) is 17.7 Å². The Hall–Kier alpha value is -4.20. The van der Waals surface area contributed by atoms with E-state index in [9.17, 15) is 13.6 Å². The van der Waals surface area contributed by atoms with Crippen molar-refractivity contribution in [3.8, 4) is 23.1 Å². The van der Waals surface area contributed by atoms with Crippen LogP contribution >= 0.6 is 0 Å². The molecule has 0 aliphatic carbocycles. The molecule has 0 spiro atoms. The quantitative estimate of drug-likeness (QED) is 0.357. The summed E-state index contributed by atoms with van der Waals surface area (Å²) < 4.78 is 39.8. The van der Waals surface area contributed by atoms with E-state index in [-0.39, 0.29) is 18.1 Å². The highest BCUT2D eigenvalue weighted by atomic mass is 19.1. The molecule has 0 fully saturated rings. The second kappa shape index (κ2) is 10.2. The average Bonchev–Trinajstić information content (AvgIpc) is 3.14. The summed E-state index contributed by atoms with van der Waals surface area (Å²) >= 11 is 0. The van der Waals surface area contributed by atoms with Gasteiger partial charge in [-0.15, -0.1) is 0 Å². The summed E-state index contributed by atoms with van der Waals surface area (Å²) in [6.07, 6.45) is 0.478. The van der Waals surface area contributed by atoms with Gasteiger partial charge in [0.1, 0.15) is 23.1 Å². The van der Waals surface area contributed by atoms with E-state index in [0.29, 0.717) is 40.7 Å². The molecule has 0 unspecified atom stereocenters. The first kappa shape index (κ1) is 23.0. The van der Waals surface area contributed by atoms with Crippen LogP contribution in [-0.4, -0.2) is 22.8 Å². The Morgan fingerprint density at radius 2 is 1.71 bits per heavy atom. The minimum Gasteiger partial charge on any atom is -0.497 e. The molecule has 0 saturated heterocycles. The van der Waals surface area contributed by atoms with E-state index in [1.165, 1.54) is 36.4 Å². The predicted molar refractivity (Wildman–Crippen MR) is 125 cm³/mol. The molecule has 1 aromatic heterocycles. The topological polar surface area (TPSA) is 65.4 Å². The van der Waals surface area contributed by atoms with Crippen molar-refractivity contribution in [1.82, 2.24) is 9.78 Å². The zero-order chi connectivity index (χ0) is 24.1. The molecule has 0 saturated carbocycles. The molecule has 174 valence electrons. The van der Waals surface area contributed by atoms with E-state index >= 15 is 0 Å². The lowest BCUT2D eigenvalue weighted by Gasteiger charge is -2.12. The molecule has 3 aromatic carbocycles. The van der Waals surface area contributed by atoms with Crippen molar-refractivity contribution in [3.63, 3.8) is 0 Å². The molecule has 1 amide bonds. The van der Waals surface area contributed by atoms with Gasteiger partial charge in [0.15, 0.2) is 0 Å². The fraction of sp³-hybridized carbons (Fsp3) is 0.154. The number of halogens is 2. The van der Waals surface area contributed by atoms with Crippen LogP contribution in [0.4, 0.5) is 14.5 Å². The molecule has 34 heavy (non-hydrogen) atoms. The lowest BCUT2D eigenvalue weighted by atomic mass is 10.1. The number of carbonyl (C=O) groups is 1. The van der Waals surface area contributed by atoms with Crippen LogP contribution < -0.4 is 14.8 Å². The van der Waals surface area contributed by atoms with Crippen LogP contribution in [0.2, 0.25) is 0 Å². The Morgan fingerprint density at radius 3 is 2.38 bits per heavy atom. The molecule has 4 aromatic rings. The molecule has 8 heteroatoms. The van der Waals surface area contributed by atoms with Crippen molar-refractivity contribution in [2.24, 2.45) is 0 Å². The monoisotopic (exact) mass is 463 g/mol. The van der Waals surface area contributed by atoms with Crippen molar-refractivity contribution in [2.75, 3.05) is 12.4 Å². The Balaban J connectivity index is 1.61. The third-order valence-corrected chi connectivity index (χ3v) is 5.19. The first-order valence-electron chi connectivity index (χ1n) is 10.6. The highest BCUT2D eigenvalue weighted by Gasteiger charge is 2.20. The summed E-state index contributed by atoms with van der Waals surface area (Å²) in [5, 5.41) is 7.36. The van der Waals surface area contributed by atoms with E-state index in [1.807, 2.05) is 19.1 Å². The Kier molecular flexibility index (Phi) is 6.87. The molecule has 0 aliphatic heterocycles. The van der Waals surface area contributed by atoms with Gasteiger partial charge in [-0.1, -0.05) is 6.07 Å². The van der Waals surface area contributed by atoms with E-state index in [0.717, 1.165) is 5.69 Å². The molecule has 1 N–H and O–H groups in total. The highest BCUT2D eigenvalue weighted by molar-refractivity contribution is 5.90. The number of nitrogens with one attached hydrogen (secondary N) is 1. The molecular formula is C26H23F2N3O3. The SMILES string of the molecule is COc1ccc(-n2nc(C)c(CCC(=O)Nc3ccc(F)cc3)c2Oc2cccc(F)c2)cc1. The maximum atomic E-state index is 13.8. The van der Waals surface area contributed by atoms with Crippen molar-refractivity contribution in [3.05, 3.63) is 95.7 Å². The molecule has 1 heterocycles. The third-order valence-electron chi connectivity index (χ3n) is 5.19. The van der Waals surface area contributed by atoms with Crippen LogP contribution in [0.15, 0.2) is 72.8 Å². The molecule has 0 atom stereocenters. The standard InChI is InChI=1S/C26H23F2N3O3/c1-17-24(14-15-25(32)29-20-8-6-18(27)7-9-20)26(34-23-5-3-4-19(28)16-23)31(30-17)21-10-12-22(33-2)13-11-21/h3-13,16H,14-15H2,1-2H3,(H,29,32). The van der Waals surface area contributed by atoms with Gasteiger partial charge in [0.25, 0.3) is 0 Å². The third kappa shape index (κ3) is 5.40. The van der Waals surface area contributed by atoms with Gasteiger partial charge < -0.3 is 14.8 Å². The molecule has 4 rings (SSSR count). The molecule has 0 bridgehead atoms. The van der Waals surface area contributed by atoms with E-state index in [1.54, 1.807) is 36.1 Å². The summed E-state index contributed by atoms with van der Waals surface area (Å²) in [5.74, 6) is 0.357. The van der Waals surface area contributed by atoms with Gasteiger partial charge in [0.2, 0.25) is 11.8 Å². The van der Waals surface area contributed by atoms with E-state index in [4.69, 9.17) is 9.47 Å². The van der Waals surface area contributed by atoms with Gasteiger partial charge in [-0.25, -0.2) is 13.5 Å². The molecule has 6 nitrogen and oxygen atoms in total. The largest absolute Gasteiger partial charge is 0.497 e. The number of ether oxygens (including phenoxy) is 2. The van der Waals surface area contributed by atoms with Crippen molar-refractivity contribution in [2.45, 2.75) is 19.8 Å². The molecular weight excluding hydrogens is 440 g/mol. The minimum absolute atomic E-state index is 0.145. The number of methoxy groups -OCH3 is 1. The van der Waals surface area contributed by atoms with Gasteiger partial charge >= 0.3 is 0 Å². The summed E-state index contributed by atoms with van der Waals surface area (Å²) in [6, 6.07) is 18.6. The highest BCUT2D eigenvalue weighted by Crippen LogP contribution is 2.32. The van der Waals surface area contributed by atoms with Crippen LogP contribution in [0.25, 0.3) is 5.69 Å². The summed E-state index contributed by atoms with van der Waals surface area (Å²) in [7, 11) is 1.58. The van der Waals surface area contributed by atoms with Crippen LogP contribution in [0.3, 0.4) is 0 Å². The van der Waals surface area contributed by atoms with Crippen molar-refractivity contribution >= 4 is 11.6 Å². The second-order valence-electron chi connectivity index (χ2n) is 7.59. The van der Waals surface area contributed by atoms with E-state index in [2.05, 4.69) is 10.4 Å². The number of aryl methyl sites for hydroxylation is 1. The number of amides is 1. The molecule has 0 radical (unpaired) electrons. The van der Waals surface area contributed by atoms with E-state index < -0.39 is 5.82 Å². The van der Waals surface area contributed by atoms with Gasteiger partial charge in [-0.3, -0.25) is 4.79 Å². The Labute approximate surface area is 195 Å². The Morgan fingerprint density at radius 1 is 0.971 bits per heavy atom. The lowest BCUT2D eigenvalue weighted by molar-refractivity contribution is -0.116. The second-order valence-corrected chi connectivity index (χ2v) is 7.59. The summed E-state index contributed by atoms with van der Waals surface area (Å²) in [5.41, 5.74) is 2.62. The fourth-order valence-corrected chi connectivity index (χ4v) is 3.47. The number of carbonyl (C=O) groups excluding carboxylic acids is 1. The summed E-state index contributed by atoms with van der Waals surface area (Å²) in [6.45, 7) is 1.83. The zero-order valence-corrected chi connectivity index (χ0v) is 18.7. The first-order valence-corrected chi connectivity index (χ1v) is 10.6. The number of rotatable bonds is 8. The summed E-state index contributed by atoms with van der Waals surface area (Å²) in [4.78, 5) is 12.5. The zero-order valence-electron chi connectivity index (χ0n) is 18.7. The first-order chi connectivity index (χ1) is 16.4. The molecule has 0 aliphatic rings. The number of benzene rings is 3. The van der Waals surface area contributed by atoms with Crippen LogP contribution in [0.5, 0.6) is 17.4 Å². The number of hydrogen-bond acceptors (Lipinski definition) is 4. The predicted octanol–water partition coefficient (Wildman–Crippen LogP) is 5.83. The fourth-order valence-electron chi connectivity index (χ4n) is 3.47. The van der Waals surface area contributed by atoms with Crippen LogP contribution in [0, 0.1) is 18.6 Å². The maximum absolute atomic E-state index is 13.8. The van der Waals surface area contributed by atoms with Crippen LogP contribution in [-0.2, 0) is 11.2 Å². The maximum Gasteiger partial charge on any atom is 0.226 e. The minimum atomic E-state index is -0.426. The Bertz CT molecular complexity index is 1290. The smallest absolute Gasteiger partial charge is 0.226 e. The number of anilines is 1. The number of hydrogen-bond donors (Lipinski definition) is 1. The normalized spacial score (nSPS) is 10.7. The average molecular weight is 463 g/mol. The van der Waals surface area contributed by atoms with Crippen molar-refractivity contribution in [1.29, 1.82) is 0 Å². The van der Waals surface area contributed by atoms with Gasteiger partial charge in [0, 0.05) is 23.7 Å². The van der Waals surface area contributed by atoms with Crippen molar-refractivity contribution < 1.29 is 23.0 Å². The van der Waals surface area contributed by atoms with Gasteiger partial charge in [-0.05, 0) is 74.0 Å². The lowest BCUT2D eigenvalue weighted by Crippen LogP contribution is -2.12.